The van der Waals surface area contributed by atoms with Crippen molar-refractivity contribution in [2.24, 2.45) is 0 Å². The van der Waals surface area contributed by atoms with Crippen LogP contribution in [-0.4, -0.2) is 24.7 Å². The lowest BCUT2D eigenvalue weighted by atomic mass is 10.2. The van der Waals surface area contributed by atoms with Gasteiger partial charge in [0.05, 0.1) is 25.0 Å². The Labute approximate surface area is 179 Å². The molecule has 2 N–H and O–H groups in total. The highest BCUT2D eigenvalue weighted by Gasteiger charge is 2.05. The van der Waals surface area contributed by atoms with Gasteiger partial charge in [-0.05, 0) is 35.5 Å². The van der Waals surface area contributed by atoms with Gasteiger partial charge in [0, 0.05) is 23.5 Å². The minimum atomic E-state index is 0.456. The maximum atomic E-state index is 6.03. The highest BCUT2D eigenvalue weighted by molar-refractivity contribution is 7.80. The van der Waals surface area contributed by atoms with Gasteiger partial charge in [0.1, 0.15) is 0 Å². The van der Waals surface area contributed by atoms with Crippen LogP contribution in [0.3, 0.4) is 0 Å². The third-order valence-electron chi connectivity index (χ3n) is 4.19. The molecule has 4 rings (SSSR count). The van der Waals surface area contributed by atoms with Crippen LogP contribution in [0.5, 0.6) is 0 Å². The Hall–Kier alpha value is -3.16. The van der Waals surface area contributed by atoms with E-state index in [1.54, 1.807) is 6.20 Å². The molecule has 0 aliphatic carbocycles. The maximum Gasteiger partial charge on any atom is 0.176 e. The highest BCUT2D eigenvalue weighted by atomic mass is 35.5. The van der Waals surface area contributed by atoms with Crippen molar-refractivity contribution in [2.45, 2.75) is 13.1 Å². The smallest absolute Gasteiger partial charge is 0.176 e. The van der Waals surface area contributed by atoms with Crippen LogP contribution in [0, 0.1) is 0 Å². The molecule has 0 radical (unpaired) electrons. The van der Waals surface area contributed by atoms with E-state index >= 15 is 0 Å². The molecule has 0 unspecified atom stereocenters. The number of hydrogen-bond donors (Lipinski definition) is 2. The first-order chi connectivity index (χ1) is 14.1. The van der Waals surface area contributed by atoms with E-state index in [4.69, 9.17) is 23.8 Å². The fourth-order valence-electron chi connectivity index (χ4n) is 2.90. The van der Waals surface area contributed by atoms with E-state index < -0.39 is 0 Å². The number of halogens is 1. The Balaban J connectivity index is 1.31. The second-order valence-electron chi connectivity index (χ2n) is 6.52. The molecule has 0 atom stereocenters. The molecule has 2 aromatic carbocycles. The number of nitrogens with one attached hydrogen (secondary N) is 2. The predicted octanol–water partition coefficient (Wildman–Crippen LogP) is 4.64. The van der Waals surface area contributed by atoms with E-state index in [2.05, 4.69) is 33.0 Å². The second kappa shape index (κ2) is 8.89. The highest BCUT2D eigenvalue weighted by Crippen LogP contribution is 2.13. The number of aromatic nitrogens is 4. The van der Waals surface area contributed by atoms with Crippen LogP contribution in [0.1, 0.15) is 11.1 Å². The van der Waals surface area contributed by atoms with Gasteiger partial charge >= 0.3 is 0 Å². The first-order valence-corrected chi connectivity index (χ1v) is 9.85. The minimum absolute atomic E-state index is 0.456. The summed E-state index contributed by atoms with van der Waals surface area (Å²) in [5.41, 5.74) is 3.07. The van der Waals surface area contributed by atoms with Crippen LogP contribution >= 0.6 is 23.8 Å². The van der Waals surface area contributed by atoms with E-state index in [1.807, 2.05) is 70.3 Å². The summed E-state index contributed by atoms with van der Waals surface area (Å²) in [6, 6.07) is 19.8. The van der Waals surface area contributed by atoms with Crippen LogP contribution in [0.15, 0.2) is 79.3 Å². The average molecular weight is 423 g/mol. The maximum absolute atomic E-state index is 6.03. The monoisotopic (exact) mass is 422 g/mol. The fraction of sp³-hybridized carbons (Fsp3) is 0.0952. The number of rotatable bonds is 6. The molecule has 0 spiro atoms. The molecule has 0 saturated heterocycles. The van der Waals surface area contributed by atoms with Crippen LogP contribution in [0.25, 0.3) is 0 Å². The lowest BCUT2D eigenvalue weighted by Crippen LogP contribution is -2.19. The molecule has 6 nitrogen and oxygen atoms in total. The number of anilines is 2. The van der Waals surface area contributed by atoms with Gasteiger partial charge in [-0.2, -0.15) is 10.2 Å². The summed E-state index contributed by atoms with van der Waals surface area (Å²) in [6.07, 6.45) is 5.54. The van der Waals surface area contributed by atoms with Gasteiger partial charge in [-0.15, -0.1) is 0 Å². The van der Waals surface area contributed by atoms with Gasteiger partial charge < -0.3 is 10.6 Å². The lowest BCUT2D eigenvalue weighted by Gasteiger charge is -2.06. The Bertz CT molecular complexity index is 1110. The van der Waals surface area contributed by atoms with Gasteiger partial charge in [0.2, 0.25) is 0 Å². The van der Waals surface area contributed by atoms with Crippen molar-refractivity contribution < 1.29 is 0 Å². The molecule has 2 aromatic heterocycles. The molecular formula is C21H19ClN6S. The number of nitrogens with zero attached hydrogens (tertiary/aromatic N) is 4. The molecule has 0 aliphatic rings. The van der Waals surface area contributed by atoms with Crippen molar-refractivity contribution in [1.29, 1.82) is 0 Å². The molecule has 146 valence electrons. The SMILES string of the molecule is S=C(Nc1cnn(Cc2cccc(Cl)c2)c1)Nc1ccn(Cc2ccccc2)n1. The van der Waals surface area contributed by atoms with E-state index in [0.717, 1.165) is 11.3 Å². The third kappa shape index (κ3) is 5.43. The van der Waals surface area contributed by atoms with E-state index in [9.17, 15) is 0 Å². The fourth-order valence-corrected chi connectivity index (χ4v) is 3.34. The normalized spacial score (nSPS) is 10.7. The zero-order valence-corrected chi connectivity index (χ0v) is 17.1. The molecule has 0 amide bonds. The summed E-state index contributed by atoms with van der Waals surface area (Å²) in [5.74, 6) is 0.685. The summed E-state index contributed by atoms with van der Waals surface area (Å²) >= 11 is 11.4. The summed E-state index contributed by atoms with van der Waals surface area (Å²) < 4.78 is 3.69. The minimum Gasteiger partial charge on any atom is -0.330 e. The Morgan fingerprint density at radius 1 is 0.931 bits per heavy atom. The first kappa shape index (κ1) is 19.2. The summed E-state index contributed by atoms with van der Waals surface area (Å²) in [4.78, 5) is 0. The van der Waals surface area contributed by atoms with Crippen molar-refractivity contribution in [1.82, 2.24) is 19.6 Å². The zero-order valence-electron chi connectivity index (χ0n) is 15.5. The van der Waals surface area contributed by atoms with E-state index in [0.29, 0.717) is 29.0 Å². The number of hydrogen-bond acceptors (Lipinski definition) is 3. The van der Waals surface area contributed by atoms with Crippen molar-refractivity contribution in [3.8, 4) is 0 Å². The zero-order chi connectivity index (χ0) is 20.1. The van der Waals surface area contributed by atoms with Crippen LogP contribution in [0.4, 0.5) is 11.5 Å². The van der Waals surface area contributed by atoms with Crippen LogP contribution in [-0.2, 0) is 13.1 Å². The third-order valence-corrected chi connectivity index (χ3v) is 4.63. The van der Waals surface area contributed by atoms with Crippen LogP contribution in [0.2, 0.25) is 5.02 Å². The molecule has 0 bridgehead atoms. The topological polar surface area (TPSA) is 59.7 Å². The largest absolute Gasteiger partial charge is 0.330 e. The standard InChI is InChI=1S/C21H19ClN6S/c22-18-8-4-7-17(11-18)14-28-15-19(12-23-28)24-21(29)25-20-9-10-27(26-20)13-16-5-2-1-3-6-16/h1-12,15H,13-14H2,(H2,24,25,26,29). The van der Waals surface area contributed by atoms with Gasteiger partial charge in [-0.1, -0.05) is 54.1 Å². The molecule has 29 heavy (non-hydrogen) atoms. The predicted molar refractivity (Wildman–Crippen MR) is 120 cm³/mol. The molecular weight excluding hydrogens is 404 g/mol. The first-order valence-electron chi connectivity index (χ1n) is 9.06. The van der Waals surface area contributed by atoms with Crippen LogP contribution < -0.4 is 10.6 Å². The van der Waals surface area contributed by atoms with Crippen molar-refractivity contribution in [3.05, 3.63) is 95.4 Å². The molecule has 0 aliphatic heterocycles. The summed E-state index contributed by atoms with van der Waals surface area (Å²) in [7, 11) is 0. The van der Waals surface area contributed by atoms with Gasteiger partial charge in [-0.25, -0.2) is 0 Å². The molecule has 2 heterocycles. The Kier molecular flexibility index (Phi) is 5.88. The summed E-state index contributed by atoms with van der Waals surface area (Å²) in [5, 5.41) is 16.3. The average Bonchev–Trinajstić information content (AvgIpc) is 3.32. The van der Waals surface area contributed by atoms with Gasteiger partial charge in [-0.3, -0.25) is 9.36 Å². The quantitative estimate of drug-likeness (QED) is 0.443. The van der Waals surface area contributed by atoms with Crippen molar-refractivity contribution in [3.63, 3.8) is 0 Å². The summed E-state index contributed by atoms with van der Waals surface area (Å²) in [6.45, 7) is 1.34. The molecule has 4 aromatic rings. The Morgan fingerprint density at radius 3 is 2.55 bits per heavy atom. The van der Waals surface area contributed by atoms with Crippen molar-refractivity contribution in [2.75, 3.05) is 10.6 Å². The number of thiocarbonyl (C=S) groups is 1. The lowest BCUT2D eigenvalue weighted by molar-refractivity contribution is 0.687. The Morgan fingerprint density at radius 2 is 1.72 bits per heavy atom. The molecule has 0 fully saturated rings. The van der Waals surface area contributed by atoms with Crippen molar-refractivity contribution >= 4 is 40.4 Å². The number of benzene rings is 2. The van der Waals surface area contributed by atoms with Gasteiger partial charge in [0.25, 0.3) is 0 Å². The van der Waals surface area contributed by atoms with Gasteiger partial charge in [0.15, 0.2) is 10.9 Å². The van der Waals surface area contributed by atoms with E-state index in [1.165, 1.54) is 5.56 Å². The second-order valence-corrected chi connectivity index (χ2v) is 7.36. The molecule has 0 saturated carbocycles. The molecule has 8 heteroatoms. The van der Waals surface area contributed by atoms with E-state index in [-0.39, 0.29) is 0 Å².